The van der Waals surface area contributed by atoms with Crippen molar-refractivity contribution < 1.29 is 42.1 Å². The lowest BCUT2D eigenvalue weighted by atomic mass is 10.0. The molecule has 0 aromatic heterocycles. The van der Waals surface area contributed by atoms with E-state index in [4.69, 9.17) is 30.5 Å². The number of nitrogens with one attached hydrogen (secondary N) is 4. The highest BCUT2D eigenvalue weighted by atomic mass is 19.4. The van der Waals surface area contributed by atoms with Gasteiger partial charge in [-0.25, -0.2) is 4.79 Å². The molecule has 0 bridgehead atoms. The molecular formula is C30H35F3N6O6. The maximum absolute atomic E-state index is 13.3. The van der Waals surface area contributed by atoms with Crippen molar-refractivity contribution in [2.24, 2.45) is 5.73 Å². The van der Waals surface area contributed by atoms with E-state index in [1.165, 1.54) is 0 Å². The number of carbonyl (C=O) groups excluding carboxylic acids is 2. The number of amidine groups is 1. The van der Waals surface area contributed by atoms with Crippen molar-refractivity contribution >= 4 is 29.3 Å². The highest BCUT2D eigenvalue weighted by molar-refractivity contribution is 5.97. The van der Waals surface area contributed by atoms with Crippen LogP contribution in [0.15, 0.2) is 72.8 Å². The van der Waals surface area contributed by atoms with Gasteiger partial charge in [0.15, 0.2) is 0 Å². The number of carboxylic acid groups (broad SMARTS) is 1. The first-order valence-corrected chi connectivity index (χ1v) is 13.4. The first kappa shape index (κ1) is 36.0. The summed E-state index contributed by atoms with van der Waals surface area (Å²) in [5.41, 5.74) is 13.6. The molecule has 1 unspecified atom stereocenters. The third-order valence-corrected chi connectivity index (χ3v) is 5.68. The molecular weight excluding hydrogens is 597 g/mol. The SMILES string of the molecule is CCOc1cc(C(Nc2ccc(C(=N)N)cc2)C(=O)NNC(=O)c2ccccc2)ccc1COCN(C)C.O=C(O)C(F)(F)F. The van der Waals surface area contributed by atoms with Crippen LogP contribution in [0, 0.1) is 5.41 Å². The Kier molecular flexibility index (Phi) is 13.8. The molecule has 0 saturated carbocycles. The normalized spacial score (nSPS) is 11.4. The first-order chi connectivity index (χ1) is 21.2. The molecule has 2 amide bonds. The molecule has 0 aliphatic carbocycles. The summed E-state index contributed by atoms with van der Waals surface area (Å²) in [5, 5.41) is 17.9. The second-order valence-corrected chi connectivity index (χ2v) is 9.54. The van der Waals surface area contributed by atoms with Gasteiger partial charge in [0.2, 0.25) is 0 Å². The molecule has 0 saturated heterocycles. The number of ether oxygens (including phenoxy) is 2. The van der Waals surface area contributed by atoms with E-state index in [2.05, 4.69) is 16.2 Å². The predicted octanol–water partition coefficient (Wildman–Crippen LogP) is 3.65. The number of rotatable bonds is 12. The smallest absolute Gasteiger partial charge is 0.490 e. The molecule has 0 radical (unpaired) electrons. The molecule has 3 aromatic rings. The number of hydrogen-bond donors (Lipinski definition) is 6. The van der Waals surface area contributed by atoms with Crippen LogP contribution < -0.4 is 26.6 Å². The van der Waals surface area contributed by atoms with Gasteiger partial charge in [-0.2, -0.15) is 13.2 Å². The van der Waals surface area contributed by atoms with Crippen LogP contribution >= 0.6 is 0 Å². The highest BCUT2D eigenvalue weighted by Gasteiger charge is 2.38. The van der Waals surface area contributed by atoms with Gasteiger partial charge in [0, 0.05) is 22.4 Å². The molecule has 0 heterocycles. The van der Waals surface area contributed by atoms with Crippen molar-refractivity contribution in [2.75, 3.05) is 32.7 Å². The van der Waals surface area contributed by atoms with E-state index in [1.807, 2.05) is 38.1 Å². The molecule has 3 rings (SSSR count). The lowest BCUT2D eigenvalue weighted by Gasteiger charge is -2.22. The monoisotopic (exact) mass is 632 g/mol. The van der Waals surface area contributed by atoms with Gasteiger partial charge >= 0.3 is 12.1 Å². The molecule has 0 aliphatic heterocycles. The predicted molar refractivity (Wildman–Crippen MR) is 161 cm³/mol. The van der Waals surface area contributed by atoms with Crippen molar-refractivity contribution in [3.8, 4) is 5.75 Å². The van der Waals surface area contributed by atoms with Crippen molar-refractivity contribution in [3.05, 3.63) is 95.1 Å². The fourth-order valence-corrected chi connectivity index (χ4v) is 3.56. The summed E-state index contributed by atoms with van der Waals surface area (Å²) < 4.78 is 43.3. The third kappa shape index (κ3) is 12.2. The number of hydrogen-bond acceptors (Lipinski definition) is 8. The van der Waals surface area contributed by atoms with Crippen LogP contribution in [0.4, 0.5) is 18.9 Å². The lowest BCUT2D eigenvalue weighted by molar-refractivity contribution is -0.192. The zero-order chi connectivity index (χ0) is 33.6. The second-order valence-electron chi connectivity index (χ2n) is 9.54. The van der Waals surface area contributed by atoms with Gasteiger partial charge in [0.05, 0.1) is 19.9 Å². The van der Waals surface area contributed by atoms with Crippen LogP contribution in [0.2, 0.25) is 0 Å². The Hall–Kier alpha value is -5.15. The summed E-state index contributed by atoms with van der Waals surface area (Å²) in [6.45, 7) is 3.12. The van der Waals surface area contributed by atoms with Gasteiger partial charge in [-0.05, 0) is 69.0 Å². The summed E-state index contributed by atoms with van der Waals surface area (Å²) in [6.07, 6.45) is -5.08. The van der Waals surface area contributed by atoms with Gasteiger partial charge in [-0.15, -0.1) is 0 Å². The number of nitrogens with zero attached hydrogens (tertiary/aromatic N) is 1. The minimum absolute atomic E-state index is 0.0529. The topological polar surface area (TPSA) is 179 Å². The van der Waals surface area contributed by atoms with E-state index in [0.29, 0.717) is 48.1 Å². The van der Waals surface area contributed by atoms with Gasteiger partial charge in [0.1, 0.15) is 17.6 Å². The largest absolute Gasteiger partial charge is 0.493 e. The number of carbonyl (C=O) groups is 3. The minimum atomic E-state index is -5.08. The Morgan fingerprint density at radius 2 is 1.60 bits per heavy atom. The summed E-state index contributed by atoms with van der Waals surface area (Å²) in [5.74, 6) is -3.13. The number of hydrazine groups is 1. The number of aliphatic carboxylic acids is 1. The number of alkyl halides is 3. The summed E-state index contributed by atoms with van der Waals surface area (Å²) in [6, 6.07) is 20.0. The quantitative estimate of drug-likeness (QED) is 0.0752. The van der Waals surface area contributed by atoms with Crippen LogP contribution in [-0.4, -0.2) is 67.2 Å². The van der Waals surface area contributed by atoms with Crippen molar-refractivity contribution in [1.82, 2.24) is 15.8 Å². The Bertz CT molecular complexity index is 1440. The number of halogens is 3. The number of benzene rings is 3. The fraction of sp³-hybridized carbons (Fsp3) is 0.267. The standard InChI is InChI=1S/C28H34N6O4.C2HF3O2/c1-4-38-24-16-21(10-11-22(24)17-37-18-34(2)3)25(31-23-14-12-19(13-15-23)26(29)30)28(36)33-32-27(35)20-8-6-5-7-9-20;3-2(4,5)1(6)7/h5-16,25,31H,4,17-18H2,1-3H3,(H3,29,30)(H,32,35)(H,33,36);(H,6,7). The number of nitrogens with two attached hydrogens (primary N) is 1. The molecule has 0 fully saturated rings. The van der Waals surface area contributed by atoms with Crippen LogP contribution in [0.3, 0.4) is 0 Å². The Labute approximate surface area is 257 Å². The van der Waals surface area contributed by atoms with E-state index in [1.54, 1.807) is 60.7 Å². The molecule has 242 valence electrons. The van der Waals surface area contributed by atoms with Crippen LogP contribution in [-0.2, 0) is 20.9 Å². The summed E-state index contributed by atoms with van der Waals surface area (Å²) in [7, 11) is 3.84. The summed E-state index contributed by atoms with van der Waals surface area (Å²) >= 11 is 0. The number of amides is 2. The van der Waals surface area contributed by atoms with Crippen molar-refractivity contribution in [3.63, 3.8) is 0 Å². The maximum Gasteiger partial charge on any atom is 0.490 e. The van der Waals surface area contributed by atoms with Gasteiger partial charge in [-0.1, -0.05) is 30.3 Å². The Morgan fingerprint density at radius 1 is 0.978 bits per heavy atom. The van der Waals surface area contributed by atoms with E-state index < -0.39 is 30.0 Å². The second kappa shape index (κ2) is 17.2. The van der Waals surface area contributed by atoms with E-state index in [9.17, 15) is 22.8 Å². The van der Waals surface area contributed by atoms with E-state index >= 15 is 0 Å². The minimum Gasteiger partial charge on any atom is -0.493 e. The zero-order valence-electron chi connectivity index (χ0n) is 24.8. The third-order valence-electron chi connectivity index (χ3n) is 5.68. The number of anilines is 1. The first-order valence-electron chi connectivity index (χ1n) is 13.4. The van der Waals surface area contributed by atoms with Crippen molar-refractivity contribution in [2.45, 2.75) is 25.7 Å². The molecule has 3 aromatic carbocycles. The number of carboxylic acids is 1. The van der Waals surface area contributed by atoms with Gasteiger partial charge in [0.25, 0.3) is 11.8 Å². The lowest BCUT2D eigenvalue weighted by Crippen LogP contribution is -2.45. The van der Waals surface area contributed by atoms with E-state index in [-0.39, 0.29) is 5.84 Å². The molecule has 7 N–H and O–H groups in total. The Morgan fingerprint density at radius 3 is 2.13 bits per heavy atom. The molecule has 0 spiro atoms. The highest BCUT2D eigenvalue weighted by Crippen LogP contribution is 2.28. The zero-order valence-corrected chi connectivity index (χ0v) is 24.8. The molecule has 12 nitrogen and oxygen atoms in total. The fourth-order valence-electron chi connectivity index (χ4n) is 3.56. The average Bonchev–Trinajstić information content (AvgIpc) is 2.99. The maximum atomic E-state index is 13.3. The molecule has 15 heteroatoms. The molecule has 0 aliphatic rings. The van der Waals surface area contributed by atoms with Gasteiger partial charge in [-0.3, -0.25) is 30.7 Å². The van der Waals surface area contributed by atoms with Crippen LogP contribution in [0.1, 0.15) is 40.0 Å². The molecule has 45 heavy (non-hydrogen) atoms. The molecule has 1 atom stereocenters. The summed E-state index contributed by atoms with van der Waals surface area (Å²) in [4.78, 5) is 36.6. The van der Waals surface area contributed by atoms with Gasteiger partial charge < -0.3 is 25.6 Å². The van der Waals surface area contributed by atoms with Crippen LogP contribution in [0.25, 0.3) is 0 Å². The van der Waals surface area contributed by atoms with E-state index in [0.717, 1.165) is 5.56 Å². The average molecular weight is 633 g/mol. The van der Waals surface area contributed by atoms with Crippen molar-refractivity contribution in [1.29, 1.82) is 5.41 Å². The number of nitrogen functional groups attached to an aromatic ring is 1. The Balaban J connectivity index is 0.000000900. The van der Waals surface area contributed by atoms with Crippen LogP contribution in [0.5, 0.6) is 5.75 Å².